The smallest absolute Gasteiger partial charge is 0.197 e. The molecule has 2 aromatic rings. The number of nitrogens with one attached hydrogen (secondary N) is 1. The summed E-state index contributed by atoms with van der Waals surface area (Å²) in [4.78, 5) is 4.00. The van der Waals surface area contributed by atoms with Gasteiger partial charge in [-0.15, -0.1) is 0 Å². The molecule has 0 aliphatic heterocycles. The largest absolute Gasteiger partial charge is 0.484 e. The molecule has 6 heteroatoms. The number of ether oxygens (including phenoxy) is 1. The topological polar surface area (TPSA) is 73.1 Å². The summed E-state index contributed by atoms with van der Waals surface area (Å²) in [6, 6.07) is 4.02. The lowest BCUT2D eigenvalue weighted by atomic mass is 10.2. The van der Waals surface area contributed by atoms with Gasteiger partial charge in [-0.25, -0.2) is 0 Å². The molecular weight excluding hydrogens is 260 g/mol. The van der Waals surface area contributed by atoms with E-state index in [4.69, 9.17) is 10.5 Å². The van der Waals surface area contributed by atoms with Gasteiger partial charge in [-0.1, -0.05) is 0 Å². The fourth-order valence-electron chi connectivity index (χ4n) is 1.63. The summed E-state index contributed by atoms with van der Waals surface area (Å²) in [5.41, 5.74) is 7.04. The van der Waals surface area contributed by atoms with Crippen LogP contribution in [0.25, 0.3) is 0 Å². The van der Waals surface area contributed by atoms with Gasteiger partial charge >= 0.3 is 0 Å². The number of aromatic nitrogens is 2. The van der Waals surface area contributed by atoms with E-state index in [1.165, 1.54) is 17.1 Å². The maximum atomic E-state index is 5.80. The summed E-state index contributed by atoms with van der Waals surface area (Å²) in [5.74, 6) is 1.11. The molecule has 0 unspecified atom stereocenters. The molecule has 2 aromatic heterocycles. The normalized spacial score (nSPS) is 10.7. The van der Waals surface area contributed by atoms with Crippen LogP contribution in [0.3, 0.4) is 0 Å². The zero-order valence-electron chi connectivity index (χ0n) is 11.1. The van der Waals surface area contributed by atoms with E-state index < -0.39 is 0 Å². The van der Waals surface area contributed by atoms with Crippen molar-refractivity contribution < 1.29 is 4.74 Å². The van der Waals surface area contributed by atoms with Gasteiger partial charge < -0.3 is 15.8 Å². The van der Waals surface area contributed by atoms with Crippen molar-refractivity contribution >= 4 is 22.4 Å². The number of rotatable bonds is 6. The first-order valence-electron chi connectivity index (χ1n) is 6.21. The molecule has 0 amide bonds. The second-order valence-corrected chi connectivity index (χ2v) is 5.20. The van der Waals surface area contributed by atoms with Gasteiger partial charge in [0.2, 0.25) is 0 Å². The van der Waals surface area contributed by atoms with Crippen molar-refractivity contribution in [3.05, 3.63) is 30.1 Å². The first-order chi connectivity index (χ1) is 9.16. The van der Waals surface area contributed by atoms with Crippen molar-refractivity contribution in [3.8, 4) is 5.75 Å². The summed E-state index contributed by atoms with van der Waals surface area (Å²) < 4.78 is 9.79. The molecule has 0 saturated carbocycles. The van der Waals surface area contributed by atoms with Crippen LogP contribution < -0.4 is 15.8 Å². The summed E-state index contributed by atoms with van der Waals surface area (Å²) in [6.45, 7) is 4.75. The lowest BCUT2D eigenvalue weighted by Crippen LogP contribution is -2.10. The summed E-state index contributed by atoms with van der Waals surface area (Å²) >= 11 is 1.33. The maximum absolute atomic E-state index is 5.80. The van der Waals surface area contributed by atoms with Crippen LogP contribution in [0.5, 0.6) is 5.75 Å². The number of hydrogen-bond acceptors (Lipinski definition) is 6. The van der Waals surface area contributed by atoms with Gasteiger partial charge in [0.15, 0.2) is 16.6 Å². The monoisotopic (exact) mass is 278 g/mol. The third kappa shape index (κ3) is 3.82. The Morgan fingerprint density at radius 3 is 2.79 bits per heavy atom. The predicted molar refractivity (Wildman–Crippen MR) is 78.7 cm³/mol. The molecule has 0 aromatic carbocycles. The third-order valence-electron chi connectivity index (χ3n) is 2.48. The molecule has 102 valence electrons. The third-order valence-corrected chi connectivity index (χ3v) is 3.28. The zero-order valence-corrected chi connectivity index (χ0v) is 11.9. The highest BCUT2D eigenvalue weighted by atomic mass is 32.1. The van der Waals surface area contributed by atoms with E-state index in [0.717, 1.165) is 18.0 Å². The van der Waals surface area contributed by atoms with E-state index in [1.54, 1.807) is 12.4 Å². The molecule has 0 fully saturated rings. The quantitative estimate of drug-likeness (QED) is 0.849. The molecule has 0 bridgehead atoms. The number of nitrogens with zero attached hydrogens (tertiary/aromatic N) is 2. The highest BCUT2D eigenvalue weighted by Crippen LogP contribution is 2.35. The molecule has 0 spiro atoms. The molecule has 19 heavy (non-hydrogen) atoms. The van der Waals surface area contributed by atoms with E-state index in [2.05, 4.69) is 14.7 Å². The van der Waals surface area contributed by atoms with Gasteiger partial charge in [0, 0.05) is 18.9 Å². The standard InChI is InChI=1S/C13H18N4OS/c1-9(2)18-11-12(14)17-19-13(11)16-8-5-10-3-6-15-7-4-10/h3-4,6-7,9,16H,5,8H2,1-2H3,(H2,14,17). The molecule has 2 rings (SSSR count). The van der Waals surface area contributed by atoms with E-state index in [0.29, 0.717) is 11.6 Å². The molecule has 0 atom stereocenters. The summed E-state index contributed by atoms with van der Waals surface area (Å²) in [5, 5.41) is 4.21. The van der Waals surface area contributed by atoms with Crippen LogP contribution >= 0.6 is 11.5 Å². The van der Waals surface area contributed by atoms with E-state index in [-0.39, 0.29) is 6.10 Å². The van der Waals surface area contributed by atoms with Crippen LogP contribution in [-0.2, 0) is 6.42 Å². The van der Waals surface area contributed by atoms with Gasteiger partial charge in [-0.3, -0.25) is 4.98 Å². The Kier molecular flexibility index (Phi) is 4.57. The second kappa shape index (κ2) is 6.38. The Labute approximate surface area is 117 Å². The average molecular weight is 278 g/mol. The molecule has 0 saturated heterocycles. The Balaban J connectivity index is 1.92. The van der Waals surface area contributed by atoms with Crippen molar-refractivity contribution in [2.24, 2.45) is 0 Å². The molecule has 2 heterocycles. The highest BCUT2D eigenvalue weighted by Gasteiger charge is 2.13. The number of pyridine rings is 1. The van der Waals surface area contributed by atoms with E-state index >= 15 is 0 Å². The number of hydrogen-bond donors (Lipinski definition) is 2. The van der Waals surface area contributed by atoms with Crippen LogP contribution in [0.2, 0.25) is 0 Å². The van der Waals surface area contributed by atoms with Crippen LogP contribution in [0.1, 0.15) is 19.4 Å². The van der Waals surface area contributed by atoms with Crippen LogP contribution in [0.4, 0.5) is 10.8 Å². The zero-order chi connectivity index (χ0) is 13.7. The molecule has 5 nitrogen and oxygen atoms in total. The van der Waals surface area contributed by atoms with Crippen molar-refractivity contribution in [2.75, 3.05) is 17.6 Å². The SMILES string of the molecule is CC(C)Oc1c(N)nsc1NCCc1ccncc1. The molecular formula is C13H18N4OS. The van der Waals surface area contributed by atoms with Gasteiger partial charge in [0.05, 0.1) is 6.10 Å². The van der Waals surface area contributed by atoms with Gasteiger partial charge in [0.25, 0.3) is 0 Å². The number of anilines is 2. The minimum Gasteiger partial charge on any atom is -0.484 e. The fraction of sp³-hybridized carbons (Fsp3) is 0.385. The summed E-state index contributed by atoms with van der Waals surface area (Å²) in [7, 11) is 0. The first kappa shape index (κ1) is 13.6. The van der Waals surface area contributed by atoms with Crippen molar-refractivity contribution in [1.29, 1.82) is 0 Å². The number of nitrogen functional groups attached to an aromatic ring is 1. The van der Waals surface area contributed by atoms with Crippen LogP contribution in [0.15, 0.2) is 24.5 Å². The van der Waals surface area contributed by atoms with E-state index in [1.807, 2.05) is 26.0 Å². The minimum atomic E-state index is 0.0828. The first-order valence-corrected chi connectivity index (χ1v) is 6.98. The van der Waals surface area contributed by atoms with Gasteiger partial charge in [-0.2, -0.15) is 4.37 Å². The van der Waals surface area contributed by atoms with Crippen molar-refractivity contribution in [3.63, 3.8) is 0 Å². The minimum absolute atomic E-state index is 0.0828. The van der Waals surface area contributed by atoms with E-state index in [9.17, 15) is 0 Å². The van der Waals surface area contributed by atoms with Crippen LogP contribution in [0, 0.1) is 0 Å². The van der Waals surface area contributed by atoms with Crippen molar-refractivity contribution in [2.45, 2.75) is 26.4 Å². The molecule has 0 aliphatic rings. The Morgan fingerprint density at radius 2 is 2.11 bits per heavy atom. The molecule has 0 aliphatic carbocycles. The fourth-order valence-corrected chi connectivity index (χ4v) is 2.30. The highest BCUT2D eigenvalue weighted by molar-refractivity contribution is 7.11. The molecule has 0 radical (unpaired) electrons. The number of nitrogens with two attached hydrogens (primary N) is 1. The lowest BCUT2D eigenvalue weighted by Gasteiger charge is -2.11. The Hall–Kier alpha value is -1.82. The predicted octanol–water partition coefficient (Wildman–Crippen LogP) is 2.56. The lowest BCUT2D eigenvalue weighted by molar-refractivity contribution is 0.245. The Bertz CT molecular complexity index is 513. The second-order valence-electron chi connectivity index (χ2n) is 4.42. The molecule has 3 N–H and O–H groups in total. The van der Waals surface area contributed by atoms with Gasteiger partial charge in [0.1, 0.15) is 0 Å². The van der Waals surface area contributed by atoms with Gasteiger partial charge in [-0.05, 0) is 49.5 Å². The Morgan fingerprint density at radius 1 is 1.37 bits per heavy atom. The van der Waals surface area contributed by atoms with Crippen molar-refractivity contribution in [1.82, 2.24) is 9.36 Å². The van der Waals surface area contributed by atoms with Crippen LogP contribution in [-0.4, -0.2) is 22.0 Å². The summed E-state index contributed by atoms with van der Waals surface area (Å²) in [6.07, 6.45) is 4.60. The average Bonchev–Trinajstić information content (AvgIpc) is 2.72. The maximum Gasteiger partial charge on any atom is 0.197 e.